The summed E-state index contributed by atoms with van der Waals surface area (Å²) in [6, 6.07) is 0.131. The Kier molecular flexibility index (Phi) is 6.31. The fourth-order valence-corrected chi connectivity index (χ4v) is 1.98. The summed E-state index contributed by atoms with van der Waals surface area (Å²) in [6.45, 7) is 6.73. The normalized spacial score (nSPS) is 12.7. The maximum Gasteiger partial charge on any atom is 0.287 e. The number of anilines is 1. The molecular formula is C13H22ClN3O2. The van der Waals surface area contributed by atoms with Crippen molar-refractivity contribution in [3.05, 3.63) is 21.6 Å². The van der Waals surface area contributed by atoms with Crippen molar-refractivity contribution < 1.29 is 5.11 Å². The van der Waals surface area contributed by atoms with Gasteiger partial charge in [-0.05, 0) is 25.7 Å². The van der Waals surface area contributed by atoms with Crippen molar-refractivity contribution in [2.45, 2.75) is 46.2 Å². The first-order chi connectivity index (χ1) is 8.95. The molecule has 0 aromatic carbocycles. The highest BCUT2D eigenvalue weighted by Crippen LogP contribution is 2.17. The van der Waals surface area contributed by atoms with Crippen molar-refractivity contribution in [1.82, 2.24) is 9.78 Å². The molecule has 6 heteroatoms. The Bertz CT molecular complexity index is 460. The van der Waals surface area contributed by atoms with Crippen molar-refractivity contribution in [3.8, 4) is 0 Å². The van der Waals surface area contributed by atoms with Crippen molar-refractivity contribution in [3.63, 3.8) is 0 Å². The van der Waals surface area contributed by atoms with Gasteiger partial charge in [-0.2, -0.15) is 5.10 Å². The van der Waals surface area contributed by atoms with Crippen LogP contribution in [0, 0.1) is 5.92 Å². The van der Waals surface area contributed by atoms with E-state index in [1.165, 1.54) is 4.68 Å². The quantitative estimate of drug-likeness (QED) is 0.806. The topological polar surface area (TPSA) is 67.2 Å². The number of hydrogen-bond acceptors (Lipinski definition) is 4. The van der Waals surface area contributed by atoms with Gasteiger partial charge in [0.25, 0.3) is 5.56 Å². The van der Waals surface area contributed by atoms with Crippen LogP contribution in [0.1, 0.15) is 33.6 Å². The summed E-state index contributed by atoms with van der Waals surface area (Å²) in [6.07, 6.45) is 3.10. The average molecular weight is 288 g/mol. The van der Waals surface area contributed by atoms with Gasteiger partial charge in [-0.15, -0.1) is 0 Å². The second-order valence-electron chi connectivity index (χ2n) is 5.16. The molecule has 0 amide bonds. The standard InChI is InChI=1S/C13H22ClN3O2/c1-9(2)8-17-13(19)12(14)11(7-15-17)16-10(3)5-4-6-18/h7,9-10,16,18H,4-6,8H2,1-3H3. The zero-order chi connectivity index (χ0) is 14.4. The fraction of sp³-hybridized carbons (Fsp3) is 0.692. The maximum atomic E-state index is 12.0. The first-order valence-corrected chi connectivity index (χ1v) is 6.96. The smallest absolute Gasteiger partial charge is 0.287 e. The third-order valence-electron chi connectivity index (χ3n) is 2.72. The summed E-state index contributed by atoms with van der Waals surface area (Å²) >= 11 is 6.07. The summed E-state index contributed by atoms with van der Waals surface area (Å²) in [7, 11) is 0. The van der Waals surface area contributed by atoms with Crippen LogP contribution in [0.5, 0.6) is 0 Å². The number of aromatic nitrogens is 2. The predicted molar refractivity (Wildman–Crippen MR) is 77.7 cm³/mol. The van der Waals surface area contributed by atoms with Gasteiger partial charge >= 0.3 is 0 Å². The van der Waals surface area contributed by atoms with Crippen LogP contribution < -0.4 is 10.9 Å². The molecule has 0 saturated carbocycles. The van der Waals surface area contributed by atoms with E-state index in [-0.39, 0.29) is 23.2 Å². The molecule has 1 aromatic rings. The van der Waals surface area contributed by atoms with Crippen molar-refractivity contribution in [2.24, 2.45) is 5.92 Å². The lowest BCUT2D eigenvalue weighted by Crippen LogP contribution is -2.27. The largest absolute Gasteiger partial charge is 0.396 e. The molecule has 108 valence electrons. The van der Waals surface area contributed by atoms with Crippen LogP contribution in [0.2, 0.25) is 5.02 Å². The third kappa shape index (κ3) is 4.84. The zero-order valence-electron chi connectivity index (χ0n) is 11.7. The van der Waals surface area contributed by atoms with Crippen molar-refractivity contribution in [1.29, 1.82) is 0 Å². The van der Waals surface area contributed by atoms with E-state index in [2.05, 4.69) is 10.4 Å². The van der Waals surface area contributed by atoms with Gasteiger partial charge in [-0.25, -0.2) is 4.68 Å². The second-order valence-corrected chi connectivity index (χ2v) is 5.54. The van der Waals surface area contributed by atoms with Crippen LogP contribution in [-0.4, -0.2) is 27.5 Å². The molecule has 0 radical (unpaired) electrons. The van der Waals surface area contributed by atoms with Gasteiger partial charge in [0.15, 0.2) is 0 Å². The highest BCUT2D eigenvalue weighted by Gasteiger charge is 2.12. The predicted octanol–water partition coefficient (Wildman–Crippen LogP) is 2.13. The lowest BCUT2D eigenvalue weighted by Gasteiger charge is -2.16. The number of nitrogens with one attached hydrogen (secondary N) is 1. The van der Waals surface area contributed by atoms with E-state index in [0.29, 0.717) is 24.6 Å². The Morgan fingerprint density at radius 3 is 2.74 bits per heavy atom. The minimum Gasteiger partial charge on any atom is -0.396 e. The monoisotopic (exact) mass is 287 g/mol. The van der Waals surface area contributed by atoms with E-state index in [1.54, 1.807) is 6.20 Å². The Balaban J connectivity index is 2.81. The van der Waals surface area contributed by atoms with Crippen LogP contribution in [0.15, 0.2) is 11.0 Å². The number of aliphatic hydroxyl groups excluding tert-OH is 1. The van der Waals surface area contributed by atoms with Gasteiger partial charge in [0.1, 0.15) is 5.02 Å². The van der Waals surface area contributed by atoms with E-state index < -0.39 is 0 Å². The highest BCUT2D eigenvalue weighted by atomic mass is 35.5. The van der Waals surface area contributed by atoms with E-state index >= 15 is 0 Å². The van der Waals surface area contributed by atoms with Gasteiger partial charge in [-0.1, -0.05) is 25.4 Å². The molecule has 2 N–H and O–H groups in total. The molecule has 0 aliphatic carbocycles. The first-order valence-electron chi connectivity index (χ1n) is 6.58. The van der Waals surface area contributed by atoms with E-state index in [9.17, 15) is 4.79 Å². The van der Waals surface area contributed by atoms with Gasteiger partial charge in [0.2, 0.25) is 0 Å². The molecule has 1 rings (SSSR count). The third-order valence-corrected chi connectivity index (χ3v) is 3.09. The van der Waals surface area contributed by atoms with Gasteiger partial charge < -0.3 is 10.4 Å². The molecule has 1 heterocycles. The van der Waals surface area contributed by atoms with Crippen molar-refractivity contribution >= 4 is 17.3 Å². The van der Waals surface area contributed by atoms with E-state index in [4.69, 9.17) is 16.7 Å². The second kappa shape index (κ2) is 7.50. The summed E-state index contributed by atoms with van der Waals surface area (Å²) in [5.74, 6) is 0.337. The lowest BCUT2D eigenvalue weighted by atomic mass is 10.2. The Hall–Kier alpha value is -1.07. The van der Waals surface area contributed by atoms with Crippen LogP contribution in [0.25, 0.3) is 0 Å². The fourth-order valence-electron chi connectivity index (χ4n) is 1.78. The first kappa shape index (κ1) is 16.0. The average Bonchev–Trinajstić information content (AvgIpc) is 2.35. The lowest BCUT2D eigenvalue weighted by molar-refractivity contribution is 0.282. The van der Waals surface area contributed by atoms with E-state index in [0.717, 1.165) is 6.42 Å². The maximum absolute atomic E-state index is 12.0. The van der Waals surface area contributed by atoms with Crippen LogP contribution in [-0.2, 0) is 6.54 Å². The highest BCUT2D eigenvalue weighted by molar-refractivity contribution is 6.32. The summed E-state index contributed by atoms with van der Waals surface area (Å²) in [4.78, 5) is 12.0. The SMILES string of the molecule is CC(C)Cn1ncc(NC(C)CCCO)c(Cl)c1=O. The Morgan fingerprint density at radius 2 is 2.16 bits per heavy atom. The molecule has 1 atom stereocenters. The Morgan fingerprint density at radius 1 is 1.47 bits per heavy atom. The number of hydrogen-bond donors (Lipinski definition) is 2. The molecule has 0 spiro atoms. The number of halogens is 1. The molecule has 19 heavy (non-hydrogen) atoms. The van der Waals surface area contributed by atoms with Gasteiger partial charge in [0, 0.05) is 19.2 Å². The molecule has 0 bridgehead atoms. The van der Waals surface area contributed by atoms with Gasteiger partial charge in [0.05, 0.1) is 11.9 Å². The molecule has 1 aromatic heterocycles. The molecular weight excluding hydrogens is 266 g/mol. The summed E-state index contributed by atoms with van der Waals surface area (Å²) in [5, 5.41) is 16.2. The van der Waals surface area contributed by atoms with Crippen LogP contribution in [0.3, 0.4) is 0 Å². The van der Waals surface area contributed by atoms with Crippen molar-refractivity contribution in [2.75, 3.05) is 11.9 Å². The van der Waals surface area contributed by atoms with E-state index in [1.807, 2.05) is 20.8 Å². The molecule has 1 unspecified atom stereocenters. The number of aliphatic hydroxyl groups is 1. The van der Waals surface area contributed by atoms with Crippen LogP contribution in [0.4, 0.5) is 5.69 Å². The molecule has 0 aliphatic rings. The summed E-state index contributed by atoms with van der Waals surface area (Å²) in [5.41, 5.74) is 0.284. The minimum absolute atomic E-state index is 0.131. The number of rotatable bonds is 7. The van der Waals surface area contributed by atoms with Gasteiger partial charge in [-0.3, -0.25) is 4.79 Å². The molecule has 5 nitrogen and oxygen atoms in total. The van der Waals surface area contributed by atoms with Crippen LogP contribution >= 0.6 is 11.6 Å². The summed E-state index contributed by atoms with van der Waals surface area (Å²) < 4.78 is 1.39. The zero-order valence-corrected chi connectivity index (χ0v) is 12.4. The minimum atomic E-state index is -0.269. The molecule has 0 saturated heterocycles. The molecule has 0 fully saturated rings. The Labute approximate surface area is 118 Å². The number of nitrogens with zero attached hydrogens (tertiary/aromatic N) is 2. The molecule has 0 aliphatic heterocycles.